The summed E-state index contributed by atoms with van der Waals surface area (Å²) in [6.07, 6.45) is 14.8. The summed E-state index contributed by atoms with van der Waals surface area (Å²) >= 11 is 0. The Morgan fingerprint density at radius 3 is 2.84 bits per heavy atom. The molecule has 0 spiro atoms. The van der Waals surface area contributed by atoms with Gasteiger partial charge < -0.3 is 14.0 Å². The lowest BCUT2D eigenvalue weighted by Crippen LogP contribution is -2.32. The van der Waals surface area contributed by atoms with E-state index in [-0.39, 0.29) is 11.9 Å². The number of imidazole rings is 1. The fraction of sp³-hybridized carbons (Fsp3) is 0.292. The van der Waals surface area contributed by atoms with Crippen molar-refractivity contribution in [1.82, 2.24) is 29.2 Å². The fourth-order valence-corrected chi connectivity index (χ4v) is 4.16. The van der Waals surface area contributed by atoms with Crippen LogP contribution in [0.1, 0.15) is 35.3 Å². The largest absolute Gasteiger partial charge is 0.424 e. The van der Waals surface area contributed by atoms with Crippen molar-refractivity contribution in [3.8, 4) is 11.8 Å². The minimum absolute atomic E-state index is 0.0306. The highest BCUT2D eigenvalue weighted by Crippen LogP contribution is 2.24. The van der Waals surface area contributed by atoms with Crippen molar-refractivity contribution in [2.75, 3.05) is 13.1 Å². The van der Waals surface area contributed by atoms with E-state index in [0.29, 0.717) is 17.2 Å². The van der Waals surface area contributed by atoms with Crippen LogP contribution in [0.25, 0.3) is 5.65 Å². The van der Waals surface area contributed by atoms with Gasteiger partial charge in [-0.1, -0.05) is 6.07 Å². The number of hydrogen-bond donors (Lipinski definition) is 0. The van der Waals surface area contributed by atoms with Crippen LogP contribution in [0, 0.1) is 5.92 Å². The molecule has 162 valence electrons. The Morgan fingerprint density at radius 2 is 1.94 bits per heavy atom. The van der Waals surface area contributed by atoms with E-state index in [1.165, 1.54) is 0 Å². The van der Waals surface area contributed by atoms with Crippen LogP contribution in [0.2, 0.25) is 0 Å². The van der Waals surface area contributed by atoms with Crippen molar-refractivity contribution in [3.63, 3.8) is 0 Å². The van der Waals surface area contributed by atoms with Crippen molar-refractivity contribution in [2.24, 2.45) is 5.92 Å². The number of benzene rings is 1. The van der Waals surface area contributed by atoms with Crippen LogP contribution < -0.4 is 4.74 Å². The van der Waals surface area contributed by atoms with Gasteiger partial charge in [-0.05, 0) is 55.9 Å². The minimum atomic E-state index is 0.0306. The molecule has 1 saturated heterocycles. The Labute approximate surface area is 185 Å². The van der Waals surface area contributed by atoms with Gasteiger partial charge in [-0.15, -0.1) is 0 Å². The summed E-state index contributed by atoms with van der Waals surface area (Å²) in [5.41, 5.74) is 2.54. The van der Waals surface area contributed by atoms with Gasteiger partial charge in [0.1, 0.15) is 5.75 Å². The first kappa shape index (κ1) is 20.1. The number of hydrogen-bond acceptors (Lipinski definition) is 6. The van der Waals surface area contributed by atoms with Crippen molar-refractivity contribution in [3.05, 3.63) is 78.8 Å². The molecule has 0 aliphatic carbocycles. The van der Waals surface area contributed by atoms with Gasteiger partial charge in [-0.3, -0.25) is 9.78 Å². The predicted molar refractivity (Wildman–Crippen MR) is 118 cm³/mol. The monoisotopic (exact) mass is 428 g/mol. The van der Waals surface area contributed by atoms with E-state index in [1.54, 1.807) is 36.8 Å². The molecular weight excluding hydrogens is 404 g/mol. The molecule has 5 rings (SSSR count). The van der Waals surface area contributed by atoms with Crippen LogP contribution in [0.4, 0.5) is 0 Å². The van der Waals surface area contributed by atoms with Crippen LogP contribution in [-0.2, 0) is 6.42 Å². The quantitative estimate of drug-likeness (QED) is 0.481. The van der Waals surface area contributed by atoms with E-state index in [2.05, 4.69) is 26.1 Å². The molecule has 1 atom stereocenters. The Morgan fingerprint density at radius 1 is 1.03 bits per heavy atom. The minimum Gasteiger partial charge on any atom is -0.424 e. The molecule has 0 bridgehead atoms. The molecule has 0 saturated carbocycles. The summed E-state index contributed by atoms with van der Waals surface area (Å²) < 4.78 is 7.69. The molecule has 4 heterocycles. The van der Waals surface area contributed by atoms with E-state index in [0.717, 1.165) is 50.1 Å². The third-order valence-electron chi connectivity index (χ3n) is 5.80. The summed E-state index contributed by atoms with van der Waals surface area (Å²) in [5.74, 6) is 1.09. The van der Waals surface area contributed by atoms with E-state index < -0.39 is 0 Å². The zero-order chi connectivity index (χ0) is 21.8. The first-order valence-electron chi connectivity index (χ1n) is 10.9. The van der Waals surface area contributed by atoms with E-state index in [1.807, 2.05) is 33.8 Å². The van der Waals surface area contributed by atoms with Gasteiger partial charge in [0, 0.05) is 49.6 Å². The maximum absolute atomic E-state index is 13.2. The SMILES string of the molecule is O=C(c1cccc(Oc2ncccn2)c1)N1CCC[C@H](Cc2cn3ccnc3cn2)CC1. The Balaban J connectivity index is 1.22. The maximum atomic E-state index is 13.2. The van der Waals surface area contributed by atoms with Gasteiger partial charge in [0.25, 0.3) is 5.91 Å². The molecule has 8 heteroatoms. The highest BCUT2D eigenvalue weighted by molar-refractivity contribution is 5.94. The summed E-state index contributed by atoms with van der Waals surface area (Å²) in [6, 6.07) is 9.20. The number of fused-ring (bicyclic) bond motifs is 1. The lowest BCUT2D eigenvalue weighted by Gasteiger charge is -2.21. The molecule has 1 fully saturated rings. The van der Waals surface area contributed by atoms with Gasteiger partial charge in [-0.25, -0.2) is 15.0 Å². The number of amides is 1. The first-order chi connectivity index (χ1) is 15.7. The average Bonchev–Trinajstić information content (AvgIpc) is 3.17. The molecule has 1 aromatic carbocycles. The van der Waals surface area contributed by atoms with Gasteiger partial charge in [0.2, 0.25) is 0 Å². The number of carbonyl (C=O) groups excluding carboxylic acids is 1. The molecule has 0 radical (unpaired) electrons. The smallest absolute Gasteiger partial charge is 0.321 e. The van der Waals surface area contributed by atoms with Gasteiger partial charge in [-0.2, -0.15) is 0 Å². The second kappa shape index (κ2) is 9.13. The maximum Gasteiger partial charge on any atom is 0.321 e. The van der Waals surface area contributed by atoms with Gasteiger partial charge >= 0.3 is 6.01 Å². The molecule has 0 unspecified atom stereocenters. The van der Waals surface area contributed by atoms with Gasteiger partial charge in [0.15, 0.2) is 5.65 Å². The molecule has 1 amide bonds. The molecule has 3 aromatic heterocycles. The Hall–Kier alpha value is -3.81. The van der Waals surface area contributed by atoms with E-state index >= 15 is 0 Å². The van der Waals surface area contributed by atoms with E-state index in [4.69, 9.17) is 4.74 Å². The third-order valence-corrected chi connectivity index (χ3v) is 5.80. The standard InChI is InChI=1S/C24H24N6O2/c31-23(19-5-1-6-21(15-19)32-24-26-8-3-9-27-24)29-11-2-4-18(7-12-29)14-20-17-30-13-10-25-22(30)16-28-20/h1,3,5-6,8-10,13,15-18H,2,4,7,11-12,14H2/t18-/m0/s1. The molecular formula is C24H24N6O2. The second-order valence-corrected chi connectivity index (χ2v) is 8.03. The highest BCUT2D eigenvalue weighted by Gasteiger charge is 2.22. The summed E-state index contributed by atoms with van der Waals surface area (Å²) in [6.45, 7) is 1.50. The van der Waals surface area contributed by atoms with Crippen LogP contribution in [0.15, 0.2) is 67.5 Å². The first-order valence-corrected chi connectivity index (χ1v) is 10.9. The zero-order valence-corrected chi connectivity index (χ0v) is 17.7. The third kappa shape index (κ3) is 4.59. The number of nitrogens with zero attached hydrogens (tertiary/aromatic N) is 6. The fourth-order valence-electron chi connectivity index (χ4n) is 4.16. The molecule has 8 nitrogen and oxygen atoms in total. The van der Waals surface area contributed by atoms with Crippen molar-refractivity contribution < 1.29 is 9.53 Å². The molecule has 0 N–H and O–H groups in total. The normalized spacial score (nSPS) is 16.6. The van der Waals surface area contributed by atoms with Crippen LogP contribution in [0.5, 0.6) is 11.8 Å². The average molecular weight is 428 g/mol. The second-order valence-electron chi connectivity index (χ2n) is 8.03. The molecule has 1 aliphatic heterocycles. The number of carbonyl (C=O) groups is 1. The van der Waals surface area contributed by atoms with E-state index in [9.17, 15) is 4.79 Å². The topological polar surface area (TPSA) is 85.5 Å². The Bertz CT molecular complexity index is 1210. The lowest BCUT2D eigenvalue weighted by atomic mass is 9.95. The Kier molecular flexibility index (Phi) is 5.74. The number of aromatic nitrogens is 5. The number of rotatable bonds is 5. The number of likely N-dealkylation sites (tertiary alicyclic amines) is 1. The van der Waals surface area contributed by atoms with Crippen LogP contribution in [-0.4, -0.2) is 48.2 Å². The summed E-state index contributed by atoms with van der Waals surface area (Å²) in [4.78, 5) is 32.1. The zero-order valence-electron chi connectivity index (χ0n) is 17.7. The molecule has 32 heavy (non-hydrogen) atoms. The number of ether oxygens (including phenoxy) is 1. The lowest BCUT2D eigenvalue weighted by molar-refractivity contribution is 0.0759. The van der Waals surface area contributed by atoms with Crippen molar-refractivity contribution in [2.45, 2.75) is 25.7 Å². The molecule has 1 aliphatic rings. The van der Waals surface area contributed by atoms with Crippen molar-refractivity contribution >= 4 is 11.6 Å². The van der Waals surface area contributed by atoms with Gasteiger partial charge in [0.05, 0.1) is 11.9 Å². The summed E-state index contributed by atoms with van der Waals surface area (Å²) in [7, 11) is 0. The summed E-state index contributed by atoms with van der Waals surface area (Å²) in [5, 5.41) is 0. The van der Waals surface area contributed by atoms with Crippen LogP contribution in [0.3, 0.4) is 0 Å². The van der Waals surface area contributed by atoms with Crippen molar-refractivity contribution in [1.29, 1.82) is 0 Å². The predicted octanol–water partition coefficient (Wildman–Crippen LogP) is 3.80. The highest BCUT2D eigenvalue weighted by atomic mass is 16.5. The van der Waals surface area contributed by atoms with Crippen LogP contribution >= 0.6 is 0 Å². The molecule has 4 aromatic rings.